The summed E-state index contributed by atoms with van der Waals surface area (Å²) >= 11 is 0. The number of fused-ring (bicyclic) bond motifs is 6. The van der Waals surface area contributed by atoms with Crippen LogP contribution in [0.2, 0.25) is 0 Å². The largest absolute Gasteiger partial charge is 0.253 e. The Morgan fingerprint density at radius 3 is 2.03 bits per heavy atom. The predicted molar refractivity (Wildman–Crippen MR) is 142 cm³/mol. The molecule has 0 spiro atoms. The molecule has 1 heterocycles. The number of para-hydroxylation sites is 2. The van der Waals surface area contributed by atoms with E-state index in [1.807, 2.05) is 24.3 Å². The lowest BCUT2D eigenvalue weighted by Gasteiger charge is -2.27. The number of hydrogen-bond donors (Lipinski definition) is 0. The van der Waals surface area contributed by atoms with Crippen molar-refractivity contribution >= 4 is 32.6 Å². The molecule has 1 unspecified atom stereocenters. The van der Waals surface area contributed by atoms with Crippen molar-refractivity contribution in [2.24, 2.45) is 0 Å². The molecule has 2 heteroatoms. The van der Waals surface area contributed by atoms with Gasteiger partial charge in [0.2, 0.25) is 0 Å². The van der Waals surface area contributed by atoms with E-state index >= 15 is 0 Å². The molecule has 1 aromatic heterocycles. The maximum atomic E-state index is 4.12. The second kappa shape index (κ2) is 9.07. The summed E-state index contributed by atoms with van der Waals surface area (Å²) < 4.78 is 0. The van der Waals surface area contributed by atoms with Gasteiger partial charge in [-0.3, -0.25) is 9.97 Å². The number of hydrogen-bond acceptors (Lipinski definition) is 2. The van der Waals surface area contributed by atoms with Gasteiger partial charge < -0.3 is 0 Å². The van der Waals surface area contributed by atoms with Gasteiger partial charge in [-0.2, -0.15) is 0 Å². The summed E-state index contributed by atoms with van der Waals surface area (Å²) in [5.74, 6) is 0.547. The van der Waals surface area contributed by atoms with Gasteiger partial charge in [0.15, 0.2) is 0 Å². The fourth-order valence-corrected chi connectivity index (χ4v) is 5.35. The SMILES string of the molecule is c1ccc(C2CCCc3c2ccc2c3ccc3ccccc32)cc1.c1ccc2nccnc2c1. The molecule has 2 nitrogen and oxygen atoms in total. The lowest BCUT2D eigenvalue weighted by molar-refractivity contribution is 0.619. The second-order valence-electron chi connectivity index (χ2n) is 8.92. The monoisotopic (exact) mass is 438 g/mol. The van der Waals surface area contributed by atoms with E-state index in [1.54, 1.807) is 18.0 Å². The highest BCUT2D eigenvalue weighted by molar-refractivity contribution is 6.08. The van der Waals surface area contributed by atoms with Gasteiger partial charge in [-0.1, -0.05) is 91.0 Å². The Bertz CT molecular complexity index is 1520. The van der Waals surface area contributed by atoms with E-state index in [0.717, 1.165) is 11.0 Å². The number of aryl methyl sites for hydroxylation is 1. The fraction of sp³-hybridized carbons (Fsp3) is 0.125. The summed E-state index contributed by atoms with van der Waals surface area (Å²) in [6.45, 7) is 0. The van der Waals surface area contributed by atoms with Crippen molar-refractivity contribution in [2.45, 2.75) is 25.2 Å². The Labute approximate surface area is 199 Å². The molecule has 5 aromatic carbocycles. The molecule has 0 saturated carbocycles. The summed E-state index contributed by atoms with van der Waals surface area (Å²) in [4.78, 5) is 8.24. The highest BCUT2D eigenvalue weighted by Gasteiger charge is 2.23. The van der Waals surface area contributed by atoms with Gasteiger partial charge in [0.25, 0.3) is 0 Å². The molecule has 0 bridgehead atoms. The lowest BCUT2D eigenvalue weighted by atomic mass is 9.77. The maximum Gasteiger partial charge on any atom is 0.0886 e. The Morgan fingerprint density at radius 2 is 1.24 bits per heavy atom. The molecule has 1 aliphatic rings. The molecule has 1 atom stereocenters. The van der Waals surface area contributed by atoms with E-state index in [1.165, 1.54) is 51.9 Å². The van der Waals surface area contributed by atoms with Gasteiger partial charge in [-0.15, -0.1) is 0 Å². The first kappa shape index (κ1) is 20.6. The Balaban J connectivity index is 0.000000182. The summed E-state index contributed by atoms with van der Waals surface area (Å²) in [6, 6.07) is 36.9. The smallest absolute Gasteiger partial charge is 0.0886 e. The number of aromatic nitrogens is 2. The fourth-order valence-electron chi connectivity index (χ4n) is 5.35. The third-order valence-electron chi connectivity index (χ3n) is 6.95. The van der Waals surface area contributed by atoms with Crippen molar-refractivity contribution in [1.29, 1.82) is 0 Å². The van der Waals surface area contributed by atoms with Gasteiger partial charge in [-0.05, 0) is 69.6 Å². The maximum absolute atomic E-state index is 4.12. The number of nitrogens with zero attached hydrogens (tertiary/aromatic N) is 2. The zero-order valence-electron chi connectivity index (χ0n) is 19.1. The van der Waals surface area contributed by atoms with E-state index in [0.29, 0.717) is 5.92 Å². The average molecular weight is 439 g/mol. The van der Waals surface area contributed by atoms with E-state index in [9.17, 15) is 0 Å². The van der Waals surface area contributed by atoms with Crippen LogP contribution in [0.15, 0.2) is 116 Å². The van der Waals surface area contributed by atoms with Crippen molar-refractivity contribution in [2.75, 3.05) is 0 Å². The van der Waals surface area contributed by atoms with E-state index in [-0.39, 0.29) is 0 Å². The van der Waals surface area contributed by atoms with E-state index in [4.69, 9.17) is 0 Å². The summed E-state index contributed by atoms with van der Waals surface area (Å²) in [5.41, 5.74) is 6.46. The Morgan fingerprint density at radius 1 is 0.559 bits per heavy atom. The van der Waals surface area contributed by atoms with Crippen LogP contribution >= 0.6 is 0 Å². The predicted octanol–water partition coefficient (Wildman–Crippen LogP) is 8.09. The highest BCUT2D eigenvalue weighted by atomic mass is 14.8. The summed E-state index contributed by atoms with van der Waals surface area (Å²) in [5, 5.41) is 5.56. The van der Waals surface area contributed by atoms with Crippen molar-refractivity contribution < 1.29 is 0 Å². The quantitative estimate of drug-likeness (QED) is 0.242. The lowest BCUT2D eigenvalue weighted by Crippen LogP contribution is -2.11. The minimum absolute atomic E-state index is 0.547. The molecule has 0 fully saturated rings. The van der Waals surface area contributed by atoms with Crippen LogP contribution in [0.4, 0.5) is 0 Å². The topological polar surface area (TPSA) is 25.8 Å². The van der Waals surface area contributed by atoms with Crippen LogP contribution in [0, 0.1) is 0 Å². The number of rotatable bonds is 1. The molecule has 0 radical (unpaired) electrons. The van der Waals surface area contributed by atoms with Crippen LogP contribution in [0.3, 0.4) is 0 Å². The van der Waals surface area contributed by atoms with Gasteiger partial charge in [0, 0.05) is 18.3 Å². The van der Waals surface area contributed by atoms with Gasteiger partial charge in [0.05, 0.1) is 11.0 Å². The van der Waals surface area contributed by atoms with Crippen LogP contribution in [0.5, 0.6) is 0 Å². The molecule has 7 rings (SSSR count). The van der Waals surface area contributed by atoms with Crippen LogP contribution < -0.4 is 0 Å². The molecular formula is C32H26N2. The zero-order chi connectivity index (χ0) is 22.7. The normalized spacial score (nSPS) is 15.0. The van der Waals surface area contributed by atoms with Crippen molar-refractivity contribution in [1.82, 2.24) is 9.97 Å². The zero-order valence-corrected chi connectivity index (χ0v) is 19.1. The molecule has 164 valence electrons. The number of benzene rings is 5. The van der Waals surface area contributed by atoms with Gasteiger partial charge in [-0.25, -0.2) is 0 Å². The first-order valence-corrected chi connectivity index (χ1v) is 12.0. The van der Waals surface area contributed by atoms with Gasteiger partial charge >= 0.3 is 0 Å². The molecule has 0 saturated heterocycles. The Hall–Kier alpha value is -4.04. The van der Waals surface area contributed by atoms with Crippen LogP contribution in [-0.2, 0) is 6.42 Å². The van der Waals surface area contributed by atoms with E-state index < -0.39 is 0 Å². The molecule has 0 amide bonds. The van der Waals surface area contributed by atoms with Crippen LogP contribution in [0.1, 0.15) is 35.4 Å². The van der Waals surface area contributed by atoms with Crippen molar-refractivity contribution in [3.8, 4) is 0 Å². The Kier molecular flexibility index (Phi) is 5.48. The second-order valence-corrected chi connectivity index (χ2v) is 8.92. The average Bonchev–Trinajstić information content (AvgIpc) is 2.93. The summed E-state index contributed by atoms with van der Waals surface area (Å²) in [7, 11) is 0. The van der Waals surface area contributed by atoms with Crippen LogP contribution in [0.25, 0.3) is 32.6 Å². The first-order chi connectivity index (χ1) is 16.9. The van der Waals surface area contributed by atoms with Crippen LogP contribution in [-0.4, -0.2) is 9.97 Å². The highest BCUT2D eigenvalue weighted by Crippen LogP contribution is 2.41. The standard InChI is InChI=1S/C24H20.C8H6N2/c1-2-7-17(8-3-1)20-11-6-12-21-22(20)15-16-23-19-10-5-4-9-18(19)13-14-24(21)23;1-2-4-8-7(3-1)9-5-6-10-8/h1-5,7-10,13-16,20H,6,11-12H2;1-6H. The third-order valence-corrected chi connectivity index (χ3v) is 6.95. The molecule has 0 aliphatic heterocycles. The van der Waals surface area contributed by atoms with Crippen molar-refractivity contribution in [3.63, 3.8) is 0 Å². The minimum Gasteiger partial charge on any atom is -0.253 e. The first-order valence-electron chi connectivity index (χ1n) is 12.0. The third kappa shape index (κ3) is 3.82. The summed E-state index contributed by atoms with van der Waals surface area (Å²) in [6.07, 6.45) is 7.13. The molecular weight excluding hydrogens is 412 g/mol. The minimum atomic E-state index is 0.547. The molecule has 6 aromatic rings. The van der Waals surface area contributed by atoms with Gasteiger partial charge in [0.1, 0.15) is 0 Å². The molecule has 0 N–H and O–H groups in total. The molecule has 34 heavy (non-hydrogen) atoms. The van der Waals surface area contributed by atoms with Crippen molar-refractivity contribution in [3.05, 3.63) is 132 Å². The van der Waals surface area contributed by atoms with E-state index in [2.05, 4.69) is 88.8 Å². The molecule has 1 aliphatic carbocycles.